The van der Waals surface area contributed by atoms with Crippen LogP contribution in [-0.2, 0) is 4.79 Å². The summed E-state index contributed by atoms with van der Waals surface area (Å²) in [6.45, 7) is 5.00. The van der Waals surface area contributed by atoms with Gasteiger partial charge >= 0.3 is 0 Å². The second-order valence-corrected chi connectivity index (χ2v) is 3.96. The van der Waals surface area contributed by atoms with Crippen molar-refractivity contribution in [2.24, 2.45) is 0 Å². The molecule has 1 aliphatic rings. The van der Waals surface area contributed by atoms with E-state index in [1.165, 1.54) is 0 Å². The summed E-state index contributed by atoms with van der Waals surface area (Å²) in [7, 11) is 1.72. The zero-order valence-corrected chi connectivity index (χ0v) is 8.95. The summed E-state index contributed by atoms with van der Waals surface area (Å²) >= 11 is 0. The molecule has 1 saturated heterocycles. The number of β-amino-alcohol motifs (C(OH)–C–C–N with tert-alkyl or cyclic N) is 1. The summed E-state index contributed by atoms with van der Waals surface area (Å²) in [5.74, 6) is -0.0437. The van der Waals surface area contributed by atoms with E-state index in [1.54, 1.807) is 18.0 Å². The molecule has 80 valence electrons. The smallest absolute Gasteiger partial charge is 0.246 e. The lowest BCUT2D eigenvalue weighted by molar-refractivity contribution is -0.128. The van der Waals surface area contributed by atoms with Crippen molar-refractivity contribution in [1.29, 1.82) is 0 Å². The number of amides is 1. The molecule has 2 unspecified atom stereocenters. The highest BCUT2D eigenvalue weighted by atomic mass is 16.3. The Kier molecular flexibility index (Phi) is 3.66. The molecule has 1 amide bonds. The predicted octanol–water partition coefficient (Wildman–Crippen LogP) is -0.256. The fourth-order valence-corrected chi connectivity index (χ4v) is 1.56. The Morgan fingerprint density at radius 1 is 1.50 bits per heavy atom. The van der Waals surface area contributed by atoms with Crippen LogP contribution in [0.25, 0.3) is 0 Å². The van der Waals surface area contributed by atoms with Crippen LogP contribution in [0.15, 0.2) is 11.6 Å². The van der Waals surface area contributed by atoms with Crippen LogP contribution >= 0.6 is 0 Å². The Morgan fingerprint density at radius 3 is 2.57 bits per heavy atom. The fourth-order valence-electron chi connectivity index (χ4n) is 1.56. The van der Waals surface area contributed by atoms with Crippen LogP contribution < -0.4 is 5.32 Å². The number of hydrogen-bond donors (Lipinski definition) is 2. The van der Waals surface area contributed by atoms with Gasteiger partial charge in [0.15, 0.2) is 0 Å². The number of nitrogens with zero attached hydrogens (tertiary/aromatic N) is 1. The summed E-state index contributed by atoms with van der Waals surface area (Å²) in [6, 6.07) is -0.0990. The first kappa shape index (κ1) is 11.2. The highest BCUT2D eigenvalue weighted by molar-refractivity contribution is 5.88. The molecule has 0 aromatic heterocycles. The molecule has 0 aliphatic carbocycles. The van der Waals surface area contributed by atoms with Crippen molar-refractivity contribution < 1.29 is 9.90 Å². The Bertz CT molecular complexity index is 247. The van der Waals surface area contributed by atoms with Gasteiger partial charge in [-0.05, 0) is 13.8 Å². The molecular weight excluding hydrogens is 180 g/mol. The second kappa shape index (κ2) is 4.57. The Hall–Kier alpha value is -0.870. The second-order valence-electron chi connectivity index (χ2n) is 3.96. The van der Waals surface area contributed by atoms with Crippen molar-refractivity contribution in [3.05, 3.63) is 11.6 Å². The van der Waals surface area contributed by atoms with E-state index in [4.69, 9.17) is 0 Å². The number of aliphatic hydroxyl groups is 1. The van der Waals surface area contributed by atoms with E-state index < -0.39 is 6.10 Å². The fraction of sp³-hybridized carbons (Fsp3) is 0.700. The van der Waals surface area contributed by atoms with Crippen LogP contribution in [0, 0.1) is 0 Å². The Labute approximate surface area is 84.6 Å². The van der Waals surface area contributed by atoms with Crippen LogP contribution in [-0.4, -0.2) is 48.2 Å². The molecule has 1 aliphatic heterocycles. The van der Waals surface area contributed by atoms with E-state index in [0.717, 1.165) is 5.57 Å². The molecule has 0 bridgehead atoms. The maximum absolute atomic E-state index is 11.6. The van der Waals surface area contributed by atoms with Crippen molar-refractivity contribution in [1.82, 2.24) is 10.2 Å². The third kappa shape index (κ3) is 2.56. The number of nitrogens with one attached hydrogen (secondary N) is 1. The average molecular weight is 198 g/mol. The zero-order valence-electron chi connectivity index (χ0n) is 8.95. The summed E-state index contributed by atoms with van der Waals surface area (Å²) in [5.41, 5.74) is 0.974. The Morgan fingerprint density at radius 2 is 2.14 bits per heavy atom. The van der Waals surface area contributed by atoms with Crippen LogP contribution in [0.5, 0.6) is 0 Å². The summed E-state index contributed by atoms with van der Waals surface area (Å²) in [5, 5.41) is 12.6. The van der Waals surface area contributed by atoms with Gasteiger partial charge in [0.25, 0.3) is 0 Å². The van der Waals surface area contributed by atoms with Gasteiger partial charge in [0, 0.05) is 26.2 Å². The van der Waals surface area contributed by atoms with Gasteiger partial charge in [0.05, 0.1) is 12.1 Å². The van der Waals surface area contributed by atoms with E-state index in [9.17, 15) is 9.90 Å². The average Bonchev–Trinajstić information content (AvgIpc) is 2.48. The third-order valence-electron chi connectivity index (χ3n) is 2.41. The van der Waals surface area contributed by atoms with Gasteiger partial charge in [-0.25, -0.2) is 0 Å². The number of hydrogen-bond acceptors (Lipinski definition) is 3. The van der Waals surface area contributed by atoms with Crippen molar-refractivity contribution in [2.75, 3.05) is 20.1 Å². The lowest BCUT2D eigenvalue weighted by atomic mass is 10.2. The number of rotatable bonds is 2. The first-order chi connectivity index (χ1) is 6.52. The van der Waals surface area contributed by atoms with Gasteiger partial charge in [-0.1, -0.05) is 5.57 Å². The summed E-state index contributed by atoms with van der Waals surface area (Å²) in [4.78, 5) is 13.2. The minimum atomic E-state index is -0.450. The van der Waals surface area contributed by atoms with Crippen LogP contribution in [0.3, 0.4) is 0 Å². The molecule has 0 spiro atoms. The maximum Gasteiger partial charge on any atom is 0.246 e. The SMILES string of the molecule is CC(C)=CC(=O)N(C)C1CNCC1O. The topological polar surface area (TPSA) is 52.6 Å². The van der Waals surface area contributed by atoms with E-state index in [1.807, 2.05) is 13.8 Å². The zero-order chi connectivity index (χ0) is 10.7. The molecule has 14 heavy (non-hydrogen) atoms. The summed E-state index contributed by atoms with van der Waals surface area (Å²) < 4.78 is 0. The molecule has 0 aromatic carbocycles. The molecule has 2 N–H and O–H groups in total. The quantitative estimate of drug-likeness (QED) is 0.601. The van der Waals surface area contributed by atoms with Crippen molar-refractivity contribution >= 4 is 5.91 Å². The van der Waals surface area contributed by atoms with E-state index in [0.29, 0.717) is 13.1 Å². The highest BCUT2D eigenvalue weighted by Gasteiger charge is 2.30. The minimum Gasteiger partial charge on any atom is -0.390 e. The normalized spacial score (nSPS) is 26.0. The van der Waals surface area contributed by atoms with Gasteiger partial charge in [0.2, 0.25) is 5.91 Å². The first-order valence-electron chi connectivity index (χ1n) is 4.83. The largest absolute Gasteiger partial charge is 0.390 e. The van der Waals surface area contributed by atoms with E-state index in [2.05, 4.69) is 5.32 Å². The lowest BCUT2D eigenvalue weighted by Crippen LogP contribution is -2.43. The van der Waals surface area contributed by atoms with Gasteiger partial charge < -0.3 is 15.3 Å². The molecule has 1 fully saturated rings. The highest BCUT2D eigenvalue weighted by Crippen LogP contribution is 2.08. The van der Waals surface area contributed by atoms with Crippen molar-refractivity contribution in [3.8, 4) is 0 Å². The number of carbonyl (C=O) groups excluding carboxylic acids is 1. The molecule has 1 rings (SSSR count). The lowest BCUT2D eigenvalue weighted by Gasteiger charge is -2.25. The maximum atomic E-state index is 11.6. The monoisotopic (exact) mass is 198 g/mol. The van der Waals surface area contributed by atoms with E-state index >= 15 is 0 Å². The number of aliphatic hydroxyl groups excluding tert-OH is 1. The molecule has 4 heteroatoms. The van der Waals surface area contributed by atoms with Crippen LogP contribution in [0.2, 0.25) is 0 Å². The molecule has 0 saturated carbocycles. The van der Waals surface area contributed by atoms with E-state index in [-0.39, 0.29) is 11.9 Å². The predicted molar refractivity (Wildman–Crippen MR) is 54.9 cm³/mol. The van der Waals surface area contributed by atoms with Gasteiger partial charge in [-0.3, -0.25) is 4.79 Å². The van der Waals surface area contributed by atoms with Gasteiger partial charge in [0.1, 0.15) is 0 Å². The van der Waals surface area contributed by atoms with Crippen LogP contribution in [0.1, 0.15) is 13.8 Å². The molecular formula is C10H18N2O2. The molecule has 4 nitrogen and oxygen atoms in total. The van der Waals surface area contributed by atoms with Gasteiger partial charge in [-0.2, -0.15) is 0 Å². The molecule has 2 atom stereocenters. The molecule has 0 radical (unpaired) electrons. The summed E-state index contributed by atoms with van der Waals surface area (Å²) in [6.07, 6.45) is 1.14. The van der Waals surface area contributed by atoms with Gasteiger partial charge in [-0.15, -0.1) is 0 Å². The van der Waals surface area contributed by atoms with Crippen molar-refractivity contribution in [3.63, 3.8) is 0 Å². The Balaban J connectivity index is 2.60. The first-order valence-corrected chi connectivity index (χ1v) is 4.83. The standard InChI is InChI=1S/C10H18N2O2/c1-7(2)4-10(14)12(3)8-5-11-6-9(8)13/h4,8-9,11,13H,5-6H2,1-3H3. The third-order valence-corrected chi connectivity index (χ3v) is 2.41. The number of allylic oxidation sites excluding steroid dienone is 1. The van der Waals surface area contributed by atoms with Crippen LogP contribution in [0.4, 0.5) is 0 Å². The number of likely N-dealkylation sites (N-methyl/N-ethyl adjacent to an activating group) is 1. The van der Waals surface area contributed by atoms with Crippen molar-refractivity contribution in [2.45, 2.75) is 26.0 Å². The number of carbonyl (C=O) groups is 1. The minimum absolute atomic E-state index is 0.0437. The molecule has 0 aromatic rings. The molecule has 1 heterocycles.